The van der Waals surface area contributed by atoms with E-state index in [1.807, 2.05) is 6.07 Å². The number of nitriles is 1. The van der Waals surface area contributed by atoms with Gasteiger partial charge in [-0.3, -0.25) is 4.90 Å². The van der Waals surface area contributed by atoms with Crippen LogP contribution in [-0.4, -0.2) is 44.2 Å². The molecule has 0 aliphatic carbocycles. The molecule has 2 aliphatic rings. The van der Waals surface area contributed by atoms with Crippen LogP contribution >= 0.6 is 12.4 Å². The number of halogens is 2. The second-order valence-electron chi connectivity index (χ2n) is 5.26. The van der Waals surface area contributed by atoms with Gasteiger partial charge in [-0.25, -0.2) is 4.39 Å². The highest BCUT2D eigenvalue weighted by molar-refractivity contribution is 5.85. The Morgan fingerprint density at radius 1 is 1.38 bits per heavy atom. The van der Waals surface area contributed by atoms with E-state index in [1.54, 1.807) is 6.07 Å². The second-order valence-corrected chi connectivity index (χ2v) is 5.26. The van der Waals surface area contributed by atoms with Crippen LogP contribution < -0.4 is 5.32 Å². The number of rotatable bonds is 2. The van der Waals surface area contributed by atoms with Gasteiger partial charge in [0.05, 0.1) is 18.3 Å². The highest BCUT2D eigenvalue weighted by Gasteiger charge is 2.26. The van der Waals surface area contributed by atoms with Gasteiger partial charge >= 0.3 is 0 Å². The van der Waals surface area contributed by atoms with Crippen LogP contribution in [0.3, 0.4) is 0 Å². The van der Waals surface area contributed by atoms with Crippen molar-refractivity contribution in [1.29, 1.82) is 5.26 Å². The van der Waals surface area contributed by atoms with Crippen LogP contribution in [0.15, 0.2) is 12.1 Å². The van der Waals surface area contributed by atoms with Crippen LogP contribution in [0.1, 0.15) is 22.8 Å². The first-order valence-corrected chi connectivity index (χ1v) is 7.05. The van der Waals surface area contributed by atoms with E-state index in [2.05, 4.69) is 10.2 Å². The minimum atomic E-state index is -0.422. The summed E-state index contributed by atoms with van der Waals surface area (Å²) in [5.41, 5.74) is 2.00. The quantitative estimate of drug-likeness (QED) is 0.902. The molecule has 1 unspecified atom stereocenters. The molecule has 1 aromatic rings. The Kier molecular flexibility index (Phi) is 5.54. The molecule has 1 saturated heterocycles. The summed E-state index contributed by atoms with van der Waals surface area (Å²) in [5.74, 6) is -0.422. The average molecular weight is 312 g/mol. The Morgan fingerprint density at radius 3 is 2.86 bits per heavy atom. The van der Waals surface area contributed by atoms with Gasteiger partial charge in [0.15, 0.2) is 0 Å². The molecule has 3 rings (SSSR count). The zero-order chi connectivity index (χ0) is 13.9. The van der Waals surface area contributed by atoms with Crippen LogP contribution in [-0.2, 0) is 11.2 Å². The number of benzene rings is 1. The fourth-order valence-corrected chi connectivity index (χ4v) is 3.00. The first-order valence-electron chi connectivity index (χ1n) is 7.05. The van der Waals surface area contributed by atoms with Crippen molar-refractivity contribution in [2.75, 3.05) is 39.3 Å². The van der Waals surface area contributed by atoms with Crippen LogP contribution in [0, 0.1) is 17.1 Å². The molecule has 1 fully saturated rings. The molecule has 2 aliphatic heterocycles. The first kappa shape index (κ1) is 16.2. The zero-order valence-electron chi connectivity index (χ0n) is 11.8. The molecule has 0 saturated carbocycles. The maximum Gasteiger partial charge on any atom is 0.141 e. The van der Waals surface area contributed by atoms with Gasteiger partial charge < -0.3 is 10.1 Å². The van der Waals surface area contributed by atoms with E-state index in [0.29, 0.717) is 13.0 Å². The van der Waals surface area contributed by atoms with Crippen LogP contribution in [0.25, 0.3) is 0 Å². The molecule has 0 amide bonds. The highest BCUT2D eigenvalue weighted by Crippen LogP contribution is 2.31. The third-order valence-electron chi connectivity index (χ3n) is 4.06. The van der Waals surface area contributed by atoms with E-state index in [1.165, 1.54) is 6.07 Å². The first-order chi connectivity index (χ1) is 9.79. The standard InChI is InChI=1S/C15H18FN3O.ClH/c16-14-2-1-12-11(13(14)9-17)3-8-20-15(12)10-19-6-4-18-5-7-19;/h1-2,15,18H,3-8,10H2;1H. The maximum absolute atomic E-state index is 13.7. The predicted octanol–water partition coefficient (Wildman–Crippen LogP) is 1.64. The minimum Gasteiger partial charge on any atom is -0.372 e. The lowest BCUT2D eigenvalue weighted by molar-refractivity contribution is 0.0134. The number of nitrogens with zero attached hydrogens (tertiary/aromatic N) is 2. The van der Waals surface area contributed by atoms with E-state index in [9.17, 15) is 4.39 Å². The van der Waals surface area contributed by atoms with Crippen molar-refractivity contribution in [3.05, 3.63) is 34.6 Å². The van der Waals surface area contributed by atoms with Crippen molar-refractivity contribution in [1.82, 2.24) is 10.2 Å². The summed E-state index contributed by atoms with van der Waals surface area (Å²) in [6, 6.07) is 5.15. The normalized spacial score (nSPS) is 22.0. The van der Waals surface area contributed by atoms with Crippen LogP contribution in [0.2, 0.25) is 0 Å². The van der Waals surface area contributed by atoms with Crippen LogP contribution in [0.4, 0.5) is 4.39 Å². The molecule has 4 nitrogen and oxygen atoms in total. The van der Waals surface area contributed by atoms with Crippen molar-refractivity contribution < 1.29 is 9.13 Å². The lowest BCUT2D eigenvalue weighted by Crippen LogP contribution is -2.45. The summed E-state index contributed by atoms with van der Waals surface area (Å²) in [6.45, 7) is 5.36. The summed E-state index contributed by atoms with van der Waals surface area (Å²) in [4.78, 5) is 2.35. The fraction of sp³-hybridized carbons (Fsp3) is 0.533. The summed E-state index contributed by atoms with van der Waals surface area (Å²) < 4.78 is 19.5. The third kappa shape index (κ3) is 3.35. The monoisotopic (exact) mass is 311 g/mol. The molecule has 21 heavy (non-hydrogen) atoms. The van der Waals surface area contributed by atoms with Crippen molar-refractivity contribution in [2.24, 2.45) is 0 Å². The van der Waals surface area contributed by atoms with Gasteiger partial charge in [0, 0.05) is 32.7 Å². The molecule has 0 radical (unpaired) electrons. The molecule has 6 heteroatoms. The second kappa shape index (κ2) is 7.19. The lowest BCUT2D eigenvalue weighted by atomic mass is 9.92. The van der Waals surface area contributed by atoms with Gasteiger partial charge in [0.25, 0.3) is 0 Å². The van der Waals surface area contributed by atoms with Gasteiger partial charge in [0.2, 0.25) is 0 Å². The zero-order valence-corrected chi connectivity index (χ0v) is 12.6. The predicted molar refractivity (Wildman–Crippen MR) is 80.1 cm³/mol. The van der Waals surface area contributed by atoms with Crippen LogP contribution in [0.5, 0.6) is 0 Å². The Bertz CT molecular complexity index is 540. The van der Waals surface area contributed by atoms with Gasteiger partial charge in [-0.15, -0.1) is 12.4 Å². The largest absolute Gasteiger partial charge is 0.372 e. The third-order valence-corrected chi connectivity index (χ3v) is 4.06. The summed E-state index contributed by atoms with van der Waals surface area (Å²) >= 11 is 0. The molecule has 114 valence electrons. The fourth-order valence-electron chi connectivity index (χ4n) is 3.00. The van der Waals surface area contributed by atoms with Gasteiger partial charge in [-0.1, -0.05) is 6.07 Å². The van der Waals surface area contributed by atoms with Crippen molar-refractivity contribution in [3.63, 3.8) is 0 Å². The minimum absolute atomic E-state index is 0. The van der Waals surface area contributed by atoms with Crippen molar-refractivity contribution in [2.45, 2.75) is 12.5 Å². The molecule has 0 aromatic heterocycles. The Labute approximate surface area is 130 Å². The molecule has 2 heterocycles. The van der Waals surface area contributed by atoms with Crippen molar-refractivity contribution in [3.8, 4) is 6.07 Å². The molecular weight excluding hydrogens is 293 g/mol. The number of nitrogens with one attached hydrogen (secondary N) is 1. The van der Waals surface area contributed by atoms with E-state index < -0.39 is 5.82 Å². The van der Waals surface area contributed by atoms with E-state index in [0.717, 1.165) is 43.9 Å². The van der Waals surface area contributed by atoms with E-state index in [-0.39, 0.29) is 24.1 Å². The Balaban J connectivity index is 0.00000161. The van der Waals surface area contributed by atoms with E-state index in [4.69, 9.17) is 10.00 Å². The SMILES string of the molecule is Cl.N#Cc1c(F)ccc2c1CCOC2CN1CCNCC1. The Morgan fingerprint density at radius 2 is 2.14 bits per heavy atom. The molecule has 1 aromatic carbocycles. The number of fused-ring (bicyclic) bond motifs is 1. The number of piperazine rings is 1. The van der Waals surface area contributed by atoms with Gasteiger partial charge in [0.1, 0.15) is 11.9 Å². The highest BCUT2D eigenvalue weighted by atomic mass is 35.5. The number of hydrogen-bond donors (Lipinski definition) is 1. The average Bonchev–Trinajstić information content (AvgIpc) is 2.48. The summed E-state index contributed by atoms with van der Waals surface area (Å²) in [7, 11) is 0. The maximum atomic E-state index is 13.7. The molecular formula is C15H19ClFN3O. The number of ether oxygens (including phenoxy) is 1. The molecule has 1 atom stereocenters. The van der Waals surface area contributed by atoms with Crippen molar-refractivity contribution >= 4 is 12.4 Å². The molecule has 0 bridgehead atoms. The van der Waals surface area contributed by atoms with Gasteiger partial charge in [-0.05, 0) is 23.6 Å². The van der Waals surface area contributed by atoms with E-state index >= 15 is 0 Å². The smallest absolute Gasteiger partial charge is 0.141 e. The lowest BCUT2D eigenvalue weighted by Gasteiger charge is -2.34. The Hall–Kier alpha value is -1.19. The topological polar surface area (TPSA) is 48.3 Å². The summed E-state index contributed by atoms with van der Waals surface area (Å²) in [6.07, 6.45) is 0.568. The molecule has 0 spiro atoms. The molecule has 1 N–H and O–H groups in total. The van der Waals surface area contributed by atoms with Gasteiger partial charge in [-0.2, -0.15) is 5.26 Å². The number of hydrogen-bond acceptors (Lipinski definition) is 4. The summed E-state index contributed by atoms with van der Waals surface area (Å²) in [5, 5.41) is 12.5.